The van der Waals surface area contributed by atoms with Crippen molar-refractivity contribution in [3.05, 3.63) is 53.5 Å². The van der Waals surface area contributed by atoms with E-state index in [1.54, 1.807) is 23.1 Å². The van der Waals surface area contributed by atoms with Crippen LogP contribution in [0.1, 0.15) is 11.9 Å². The molecule has 124 valence electrons. The van der Waals surface area contributed by atoms with Gasteiger partial charge in [-0.3, -0.25) is 4.57 Å². The van der Waals surface area contributed by atoms with Crippen LogP contribution in [0.5, 0.6) is 0 Å². The van der Waals surface area contributed by atoms with E-state index < -0.39 is 0 Å². The highest BCUT2D eigenvalue weighted by Crippen LogP contribution is 2.33. The molecule has 0 aliphatic heterocycles. The van der Waals surface area contributed by atoms with Crippen LogP contribution in [0.25, 0.3) is 32.7 Å². The number of thioether (sulfide) groups is 1. The number of rotatable bonds is 3. The van der Waals surface area contributed by atoms with E-state index in [0.29, 0.717) is 0 Å². The smallest absolute Gasteiger partial charge is 0.214 e. The summed E-state index contributed by atoms with van der Waals surface area (Å²) >= 11 is 3.43. The van der Waals surface area contributed by atoms with E-state index in [4.69, 9.17) is 10.1 Å². The summed E-state index contributed by atoms with van der Waals surface area (Å²) in [5, 5.41) is 7.06. The maximum atomic E-state index is 4.89. The number of aryl methyl sites for hydroxylation is 1. The summed E-state index contributed by atoms with van der Waals surface area (Å²) in [6, 6.07) is 17.1. The number of para-hydroxylation sites is 1. The standard InChI is InChI=1S/C19H16N4S2/c1-3-16-21-23-18-17(20-19(23)25-16)14-6-4-5-7-15(14)22(18)12-8-10-13(24-2)11-9-12/h4-11H,3H2,1-2H3. The van der Waals surface area contributed by atoms with Gasteiger partial charge in [-0.2, -0.15) is 9.61 Å². The molecule has 0 N–H and O–H groups in total. The molecule has 0 bridgehead atoms. The summed E-state index contributed by atoms with van der Waals surface area (Å²) in [5.41, 5.74) is 4.36. The number of hydrogen-bond donors (Lipinski definition) is 0. The lowest BCUT2D eigenvalue weighted by Gasteiger charge is -2.07. The summed E-state index contributed by atoms with van der Waals surface area (Å²) in [6.07, 6.45) is 3.03. The third kappa shape index (κ3) is 2.14. The van der Waals surface area contributed by atoms with Crippen molar-refractivity contribution in [1.29, 1.82) is 0 Å². The lowest BCUT2D eigenvalue weighted by molar-refractivity contribution is 0.910. The fraction of sp³-hybridized carbons (Fsp3) is 0.158. The van der Waals surface area contributed by atoms with Gasteiger partial charge in [0.15, 0.2) is 5.65 Å². The van der Waals surface area contributed by atoms with Gasteiger partial charge in [0.1, 0.15) is 10.5 Å². The van der Waals surface area contributed by atoms with Gasteiger partial charge < -0.3 is 0 Å². The zero-order valence-corrected chi connectivity index (χ0v) is 15.6. The highest BCUT2D eigenvalue weighted by Gasteiger charge is 2.20. The Morgan fingerprint density at radius 2 is 1.88 bits per heavy atom. The van der Waals surface area contributed by atoms with Gasteiger partial charge in [0.2, 0.25) is 4.96 Å². The summed E-state index contributed by atoms with van der Waals surface area (Å²) in [5.74, 6) is 0. The van der Waals surface area contributed by atoms with E-state index >= 15 is 0 Å². The largest absolute Gasteiger partial charge is 0.292 e. The molecule has 0 atom stereocenters. The van der Waals surface area contributed by atoms with Gasteiger partial charge in [-0.1, -0.05) is 36.5 Å². The first-order valence-electron chi connectivity index (χ1n) is 8.22. The Bertz CT molecular complexity index is 1210. The van der Waals surface area contributed by atoms with Crippen molar-refractivity contribution in [2.45, 2.75) is 18.2 Å². The number of aromatic nitrogens is 4. The second-order valence-electron chi connectivity index (χ2n) is 5.88. The molecule has 6 heteroatoms. The molecular formula is C19H16N4S2. The first-order chi connectivity index (χ1) is 12.3. The van der Waals surface area contributed by atoms with Gasteiger partial charge in [0.25, 0.3) is 0 Å². The van der Waals surface area contributed by atoms with Crippen molar-refractivity contribution < 1.29 is 0 Å². The van der Waals surface area contributed by atoms with Crippen LogP contribution in [0.2, 0.25) is 0 Å². The number of imidazole rings is 1. The zero-order chi connectivity index (χ0) is 17.0. The van der Waals surface area contributed by atoms with Gasteiger partial charge in [-0.05, 0) is 43.0 Å². The maximum absolute atomic E-state index is 4.89. The molecule has 0 amide bonds. The van der Waals surface area contributed by atoms with Crippen LogP contribution in [0.15, 0.2) is 53.4 Å². The van der Waals surface area contributed by atoms with Crippen LogP contribution < -0.4 is 0 Å². The summed E-state index contributed by atoms with van der Waals surface area (Å²) in [6.45, 7) is 2.13. The van der Waals surface area contributed by atoms with Gasteiger partial charge in [0.05, 0.1) is 5.52 Å². The first-order valence-corrected chi connectivity index (χ1v) is 10.3. The highest BCUT2D eigenvalue weighted by molar-refractivity contribution is 7.98. The lowest BCUT2D eigenvalue weighted by Crippen LogP contribution is -1.98. The van der Waals surface area contributed by atoms with Crippen molar-refractivity contribution in [2.24, 2.45) is 0 Å². The van der Waals surface area contributed by atoms with Crippen LogP contribution in [-0.4, -0.2) is 25.4 Å². The highest BCUT2D eigenvalue weighted by atomic mass is 32.2. The van der Waals surface area contributed by atoms with Gasteiger partial charge in [0, 0.05) is 16.0 Å². The topological polar surface area (TPSA) is 35.1 Å². The Kier molecular flexibility index (Phi) is 3.36. The van der Waals surface area contributed by atoms with Crippen molar-refractivity contribution in [2.75, 3.05) is 6.26 Å². The Labute approximate surface area is 153 Å². The van der Waals surface area contributed by atoms with Crippen molar-refractivity contribution in [3.63, 3.8) is 0 Å². The summed E-state index contributed by atoms with van der Waals surface area (Å²) in [4.78, 5) is 7.11. The minimum atomic E-state index is 0.929. The molecule has 0 aliphatic carbocycles. The molecule has 0 unspecified atom stereocenters. The molecule has 0 fully saturated rings. The molecule has 25 heavy (non-hydrogen) atoms. The van der Waals surface area contributed by atoms with Crippen molar-refractivity contribution in [1.82, 2.24) is 19.2 Å². The van der Waals surface area contributed by atoms with Crippen LogP contribution >= 0.6 is 23.1 Å². The molecule has 0 saturated heterocycles. The SMILES string of the molecule is CCc1nn2c(nc3c4ccccc4n(-c4ccc(SC)cc4)c32)s1. The van der Waals surface area contributed by atoms with Crippen molar-refractivity contribution in [3.8, 4) is 5.69 Å². The molecule has 0 saturated carbocycles. The Hall–Kier alpha value is -2.31. The van der Waals surface area contributed by atoms with E-state index in [-0.39, 0.29) is 0 Å². The molecule has 2 aromatic carbocycles. The Morgan fingerprint density at radius 1 is 1.08 bits per heavy atom. The molecule has 4 nitrogen and oxygen atoms in total. The van der Waals surface area contributed by atoms with Crippen molar-refractivity contribution >= 4 is 50.1 Å². The number of nitrogens with zero attached hydrogens (tertiary/aromatic N) is 4. The van der Waals surface area contributed by atoms with E-state index in [2.05, 4.69) is 66.3 Å². The number of benzene rings is 2. The fourth-order valence-electron chi connectivity index (χ4n) is 3.28. The van der Waals surface area contributed by atoms with Crippen LogP contribution in [-0.2, 0) is 6.42 Å². The molecule has 3 heterocycles. The fourth-order valence-corrected chi connectivity index (χ4v) is 4.51. The van der Waals surface area contributed by atoms with Gasteiger partial charge in [-0.25, -0.2) is 4.98 Å². The predicted molar refractivity (Wildman–Crippen MR) is 106 cm³/mol. The molecular weight excluding hydrogens is 348 g/mol. The van der Waals surface area contributed by atoms with E-state index in [1.165, 1.54) is 10.3 Å². The van der Waals surface area contributed by atoms with Crippen LogP contribution in [0, 0.1) is 0 Å². The Balaban J connectivity index is 1.92. The third-order valence-electron chi connectivity index (χ3n) is 4.47. The molecule has 5 aromatic rings. The minimum Gasteiger partial charge on any atom is -0.292 e. The minimum absolute atomic E-state index is 0.929. The molecule has 0 aliphatic rings. The quantitative estimate of drug-likeness (QED) is 0.414. The summed E-state index contributed by atoms with van der Waals surface area (Å²) < 4.78 is 4.27. The van der Waals surface area contributed by atoms with Gasteiger partial charge in [-0.15, -0.1) is 11.8 Å². The lowest BCUT2D eigenvalue weighted by atomic mass is 10.2. The van der Waals surface area contributed by atoms with E-state index in [9.17, 15) is 0 Å². The monoisotopic (exact) mass is 364 g/mol. The van der Waals surface area contributed by atoms with Gasteiger partial charge >= 0.3 is 0 Å². The molecule has 5 rings (SSSR count). The number of hydrogen-bond acceptors (Lipinski definition) is 4. The number of fused-ring (bicyclic) bond motifs is 5. The van der Waals surface area contributed by atoms with E-state index in [1.807, 2.05) is 4.52 Å². The average Bonchev–Trinajstić information content (AvgIpc) is 3.30. The summed E-state index contributed by atoms with van der Waals surface area (Å²) in [7, 11) is 0. The second kappa shape index (κ2) is 5.61. The normalized spacial score (nSPS) is 11.9. The third-order valence-corrected chi connectivity index (χ3v) is 6.26. The molecule has 0 radical (unpaired) electrons. The predicted octanol–water partition coefficient (Wildman–Crippen LogP) is 5.17. The average molecular weight is 364 g/mol. The zero-order valence-electron chi connectivity index (χ0n) is 13.9. The second-order valence-corrected chi connectivity index (χ2v) is 7.80. The molecule has 3 aromatic heterocycles. The first kappa shape index (κ1) is 15.0. The maximum Gasteiger partial charge on any atom is 0.214 e. The van der Waals surface area contributed by atoms with Crippen LogP contribution in [0.4, 0.5) is 0 Å². The Morgan fingerprint density at radius 3 is 2.64 bits per heavy atom. The van der Waals surface area contributed by atoms with E-state index in [0.717, 1.165) is 38.8 Å². The molecule has 0 spiro atoms. The van der Waals surface area contributed by atoms with Crippen LogP contribution in [0.3, 0.4) is 0 Å².